The SMILES string of the molecule is C=CCOC(=O)N1C2CCC1CC(NC(=O)CN(C)C(=O)c1ccccc1Nc1cccc(C(F)(F)F)c1)C2. The van der Waals surface area contributed by atoms with Crippen LogP contribution in [0.25, 0.3) is 0 Å². The molecule has 2 fully saturated rings. The smallest absolute Gasteiger partial charge is 0.416 e. The number of carbonyl (C=O) groups is 3. The molecule has 2 aliphatic heterocycles. The van der Waals surface area contributed by atoms with Crippen molar-refractivity contribution in [1.29, 1.82) is 0 Å². The molecule has 39 heavy (non-hydrogen) atoms. The summed E-state index contributed by atoms with van der Waals surface area (Å²) in [6, 6.07) is 11.0. The molecule has 11 heteroatoms. The van der Waals surface area contributed by atoms with Crippen LogP contribution < -0.4 is 10.6 Å². The maximum absolute atomic E-state index is 13.2. The molecule has 2 aromatic carbocycles. The van der Waals surface area contributed by atoms with Crippen molar-refractivity contribution in [2.75, 3.05) is 25.5 Å². The number of carbonyl (C=O) groups excluding carboxylic acids is 3. The van der Waals surface area contributed by atoms with Crippen molar-refractivity contribution in [2.45, 2.75) is 50.0 Å². The second-order valence-corrected chi connectivity index (χ2v) is 9.80. The average molecular weight is 545 g/mol. The number of rotatable bonds is 8. The summed E-state index contributed by atoms with van der Waals surface area (Å²) in [6.45, 7) is 3.50. The van der Waals surface area contributed by atoms with Gasteiger partial charge in [0, 0.05) is 30.9 Å². The van der Waals surface area contributed by atoms with Gasteiger partial charge in [-0.05, 0) is 56.0 Å². The number of benzene rings is 2. The van der Waals surface area contributed by atoms with Crippen molar-refractivity contribution in [2.24, 2.45) is 0 Å². The lowest BCUT2D eigenvalue weighted by atomic mass is 9.97. The molecule has 3 amide bonds. The number of hydrogen-bond acceptors (Lipinski definition) is 5. The second kappa shape index (κ2) is 11.8. The van der Waals surface area contributed by atoms with Gasteiger partial charge < -0.3 is 25.2 Å². The zero-order valence-corrected chi connectivity index (χ0v) is 21.5. The van der Waals surface area contributed by atoms with Gasteiger partial charge in [0.2, 0.25) is 5.91 Å². The fourth-order valence-corrected chi connectivity index (χ4v) is 5.27. The molecule has 2 aromatic rings. The number of halogens is 3. The lowest BCUT2D eigenvalue weighted by Crippen LogP contribution is -2.53. The Labute approximate surface area is 224 Å². The van der Waals surface area contributed by atoms with Gasteiger partial charge in [-0.1, -0.05) is 30.9 Å². The van der Waals surface area contributed by atoms with Gasteiger partial charge >= 0.3 is 12.3 Å². The molecule has 2 heterocycles. The van der Waals surface area contributed by atoms with Gasteiger partial charge in [-0.3, -0.25) is 9.59 Å². The Morgan fingerprint density at radius 1 is 1.10 bits per heavy atom. The first-order valence-corrected chi connectivity index (χ1v) is 12.7. The minimum absolute atomic E-state index is 0.0143. The van der Waals surface area contributed by atoms with E-state index in [9.17, 15) is 27.6 Å². The molecule has 0 spiro atoms. The van der Waals surface area contributed by atoms with Crippen LogP contribution in [-0.2, 0) is 15.7 Å². The minimum Gasteiger partial charge on any atom is -0.445 e. The summed E-state index contributed by atoms with van der Waals surface area (Å²) in [5.74, 6) is -0.790. The summed E-state index contributed by atoms with van der Waals surface area (Å²) >= 11 is 0. The molecular formula is C28H31F3N4O4. The number of alkyl halides is 3. The third-order valence-electron chi connectivity index (χ3n) is 6.99. The maximum atomic E-state index is 13.2. The van der Waals surface area contributed by atoms with Crippen molar-refractivity contribution < 1.29 is 32.3 Å². The molecule has 0 radical (unpaired) electrons. The predicted molar refractivity (Wildman–Crippen MR) is 139 cm³/mol. The zero-order valence-electron chi connectivity index (χ0n) is 21.5. The van der Waals surface area contributed by atoms with E-state index in [4.69, 9.17) is 4.74 Å². The van der Waals surface area contributed by atoms with E-state index in [2.05, 4.69) is 17.2 Å². The number of likely N-dealkylation sites (N-methyl/N-ethyl adjacent to an activating group) is 1. The number of anilines is 2. The Bertz CT molecular complexity index is 1220. The van der Waals surface area contributed by atoms with Gasteiger partial charge in [0.15, 0.2) is 0 Å². The molecule has 2 saturated heterocycles. The maximum Gasteiger partial charge on any atom is 0.416 e. The van der Waals surface area contributed by atoms with Crippen LogP contribution in [-0.4, -0.2) is 66.0 Å². The van der Waals surface area contributed by atoms with Crippen LogP contribution in [0.15, 0.2) is 61.2 Å². The summed E-state index contributed by atoms with van der Waals surface area (Å²) in [7, 11) is 1.49. The number of piperidine rings is 1. The van der Waals surface area contributed by atoms with Crippen LogP contribution >= 0.6 is 0 Å². The summed E-state index contributed by atoms with van der Waals surface area (Å²) in [4.78, 5) is 41.4. The number of amides is 3. The third-order valence-corrected chi connectivity index (χ3v) is 6.99. The topological polar surface area (TPSA) is 91.0 Å². The second-order valence-electron chi connectivity index (χ2n) is 9.80. The van der Waals surface area contributed by atoms with Crippen LogP contribution in [0.1, 0.15) is 41.6 Å². The number of hydrogen-bond donors (Lipinski definition) is 2. The summed E-state index contributed by atoms with van der Waals surface area (Å²) < 4.78 is 44.5. The molecule has 8 nitrogen and oxygen atoms in total. The van der Waals surface area contributed by atoms with Crippen molar-refractivity contribution >= 4 is 29.3 Å². The molecule has 0 aromatic heterocycles. The molecule has 4 rings (SSSR count). The van der Waals surface area contributed by atoms with Crippen molar-refractivity contribution in [1.82, 2.24) is 15.1 Å². The van der Waals surface area contributed by atoms with Gasteiger partial charge in [-0.25, -0.2) is 4.79 Å². The Morgan fingerprint density at radius 2 is 1.79 bits per heavy atom. The van der Waals surface area contributed by atoms with Crippen LogP contribution in [0.5, 0.6) is 0 Å². The van der Waals surface area contributed by atoms with Crippen LogP contribution in [0, 0.1) is 0 Å². The first kappa shape index (κ1) is 28.0. The van der Waals surface area contributed by atoms with Crippen LogP contribution in [0.3, 0.4) is 0 Å². The average Bonchev–Trinajstić information content (AvgIpc) is 3.17. The van der Waals surface area contributed by atoms with Crippen molar-refractivity contribution in [3.63, 3.8) is 0 Å². The Balaban J connectivity index is 1.35. The molecule has 2 bridgehead atoms. The van der Waals surface area contributed by atoms with Gasteiger partial charge in [0.25, 0.3) is 5.91 Å². The summed E-state index contributed by atoms with van der Waals surface area (Å²) in [5.41, 5.74) is -0.0891. The van der Waals surface area contributed by atoms with E-state index in [1.54, 1.807) is 29.2 Å². The summed E-state index contributed by atoms with van der Waals surface area (Å²) in [6.07, 6.45) is -0.451. The first-order valence-electron chi connectivity index (χ1n) is 12.7. The predicted octanol–water partition coefficient (Wildman–Crippen LogP) is 4.96. The van der Waals surface area contributed by atoms with Gasteiger partial charge in [0.1, 0.15) is 6.61 Å². The van der Waals surface area contributed by atoms with E-state index < -0.39 is 17.6 Å². The van der Waals surface area contributed by atoms with E-state index >= 15 is 0 Å². The zero-order chi connectivity index (χ0) is 28.2. The first-order chi connectivity index (χ1) is 18.6. The van der Waals surface area contributed by atoms with Crippen molar-refractivity contribution in [3.8, 4) is 0 Å². The van der Waals surface area contributed by atoms with Gasteiger partial charge in [0.05, 0.1) is 23.4 Å². The summed E-state index contributed by atoms with van der Waals surface area (Å²) in [5, 5.41) is 5.87. The Hall–Kier alpha value is -4.02. The Morgan fingerprint density at radius 3 is 2.46 bits per heavy atom. The largest absolute Gasteiger partial charge is 0.445 e. The van der Waals surface area contributed by atoms with Gasteiger partial charge in [-0.15, -0.1) is 0 Å². The third kappa shape index (κ3) is 6.71. The molecule has 0 aliphatic carbocycles. The van der Waals surface area contributed by atoms with E-state index in [-0.39, 0.29) is 54.5 Å². The highest BCUT2D eigenvalue weighted by molar-refractivity contribution is 6.01. The minimum atomic E-state index is -4.49. The number of ether oxygens (including phenoxy) is 1. The quantitative estimate of drug-likeness (QED) is 0.459. The molecule has 2 unspecified atom stereocenters. The molecule has 2 aliphatic rings. The number of para-hydroxylation sites is 1. The normalized spacial score (nSPS) is 20.2. The fraction of sp³-hybridized carbons (Fsp3) is 0.393. The highest BCUT2D eigenvalue weighted by Gasteiger charge is 2.44. The Kier molecular flexibility index (Phi) is 8.47. The molecule has 2 N–H and O–H groups in total. The molecular weight excluding hydrogens is 513 g/mol. The van der Waals surface area contributed by atoms with Gasteiger partial charge in [-0.2, -0.15) is 13.2 Å². The van der Waals surface area contributed by atoms with Crippen molar-refractivity contribution in [3.05, 3.63) is 72.3 Å². The highest BCUT2D eigenvalue weighted by Crippen LogP contribution is 2.36. The monoisotopic (exact) mass is 544 g/mol. The van der Waals surface area contributed by atoms with E-state index in [1.807, 2.05) is 0 Å². The van der Waals surface area contributed by atoms with E-state index in [1.165, 1.54) is 30.2 Å². The molecule has 0 saturated carbocycles. The number of fused-ring (bicyclic) bond motifs is 2. The molecule has 208 valence electrons. The number of nitrogens with zero attached hydrogens (tertiary/aromatic N) is 2. The van der Waals surface area contributed by atoms with E-state index in [0.717, 1.165) is 25.0 Å². The highest BCUT2D eigenvalue weighted by atomic mass is 19.4. The standard InChI is InChI=1S/C28H31F3N4O4/c1-3-13-39-27(38)35-21-11-12-22(35)16-20(15-21)33-25(36)17-34(2)26(37)23-9-4-5-10-24(23)32-19-8-6-7-18(14-19)28(29,30)31/h3-10,14,20-22,32H,1,11-13,15-17H2,2H3,(H,33,36). The van der Waals surface area contributed by atoms with E-state index in [0.29, 0.717) is 18.5 Å². The fourth-order valence-electron chi connectivity index (χ4n) is 5.27. The lowest BCUT2D eigenvalue weighted by Gasteiger charge is -2.38. The van der Waals surface area contributed by atoms with Crippen LogP contribution in [0.4, 0.5) is 29.3 Å². The van der Waals surface area contributed by atoms with Crippen LogP contribution in [0.2, 0.25) is 0 Å². The molecule has 2 atom stereocenters. The number of nitrogens with one attached hydrogen (secondary N) is 2. The lowest BCUT2D eigenvalue weighted by molar-refractivity contribution is -0.137.